The molecule has 18 heavy (non-hydrogen) atoms. The molecule has 0 aromatic heterocycles. The summed E-state index contributed by atoms with van der Waals surface area (Å²) in [4.78, 5) is 16.5. The number of carbonyl (C=O) groups is 1. The number of rotatable bonds is 5. The molecule has 0 bridgehead atoms. The van der Waals surface area contributed by atoms with Crippen molar-refractivity contribution < 1.29 is 4.79 Å². The number of nitrogens with two attached hydrogens (primary N) is 1. The molecule has 0 aromatic carbocycles. The fourth-order valence-electron chi connectivity index (χ4n) is 2.72. The van der Waals surface area contributed by atoms with Gasteiger partial charge in [-0.25, -0.2) is 0 Å². The van der Waals surface area contributed by atoms with Crippen molar-refractivity contribution in [1.82, 2.24) is 9.80 Å². The summed E-state index contributed by atoms with van der Waals surface area (Å²) in [6, 6.07) is 0.103. The van der Waals surface area contributed by atoms with E-state index >= 15 is 0 Å². The average molecular weight is 253 g/mol. The van der Waals surface area contributed by atoms with Crippen molar-refractivity contribution in [2.24, 2.45) is 17.6 Å². The summed E-state index contributed by atoms with van der Waals surface area (Å²) >= 11 is 0. The number of hydrogen-bond acceptors (Lipinski definition) is 3. The van der Waals surface area contributed by atoms with Gasteiger partial charge in [0, 0.05) is 45.2 Å². The molecule has 1 heterocycles. The van der Waals surface area contributed by atoms with Gasteiger partial charge in [0.2, 0.25) is 5.91 Å². The third kappa shape index (κ3) is 3.95. The molecule has 2 N–H and O–H groups in total. The molecule has 4 nitrogen and oxygen atoms in total. The first-order valence-corrected chi connectivity index (χ1v) is 7.32. The second kappa shape index (κ2) is 6.02. The Balaban J connectivity index is 1.69. The predicted molar refractivity (Wildman–Crippen MR) is 73.2 cm³/mol. The Morgan fingerprint density at radius 1 is 1.22 bits per heavy atom. The Kier molecular flexibility index (Phi) is 4.62. The fraction of sp³-hybridized carbons (Fsp3) is 0.929. The van der Waals surface area contributed by atoms with E-state index in [2.05, 4.69) is 18.7 Å². The Morgan fingerprint density at radius 3 is 2.33 bits per heavy atom. The third-order valence-corrected chi connectivity index (χ3v) is 3.99. The maximum Gasteiger partial charge on any atom is 0.224 e. The molecule has 1 amide bonds. The molecule has 1 aliphatic carbocycles. The van der Waals surface area contributed by atoms with Gasteiger partial charge < -0.3 is 10.6 Å². The maximum absolute atomic E-state index is 12.1. The highest BCUT2D eigenvalue weighted by molar-refractivity contribution is 5.77. The zero-order valence-corrected chi connectivity index (χ0v) is 11.8. The molecule has 0 spiro atoms. The van der Waals surface area contributed by atoms with Crippen LogP contribution in [0.3, 0.4) is 0 Å². The van der Waals surface area contributed by atoms with Gasteiger partial charge in [-0.05, 0) is 24.7 Å². The number of piperazine rings is 1. The molecule has 1 saturated heterocycles. The van der Waals surface area contributed by atoms with Gasteiger partial charge in [-0.15, -0.1) is 0 Å². The van der Waals surface area contributed by atoms with Crippen LogP contribution in [-0.4, -0.2) is 54.5 Å². The van der Waals surface area contributed by atoms with E-state index in [1.54, 1.807) is 0 Å². The smallest absolute Gasteiger partial charge is 0.224 e. The van der Waals surface area contributed by atoms with Crippen LogP contribution in [-0.2, 0) is 4.79 Å². The van der Waals surface area contributed by atoms with Crippen LogP contribution >= 0.6 is 0 Å². The lowest BCUT2D eigenvalue weighted by Crippen LogP contribution is -2.50. The first-order valence-electron chi connectivity index (χ1n) is 7.32. The molecule has 0 aromatic rings. The SMILES string of the molecule is CC(C)CN1CCN(C(=O)CC(N)C2CC2)CC1. The maximum atomic E-state index is 12.1. The lowest BCUT2D eigenvalue weighted by molar-refractivity contribution is -0.133. The number of carbonyl (C=O) groups excluding carboxylic acids is 1. The van der Waals surface area contributed by atoms with Crippen LogP contribution in [0, 0.1) is 11.8 Å². The Labute approximate surface area is 110 Å². The van der Waals surface area contributed by atoms with E-state index in [9.17, 15) is 4.79 Å². The average Bonchev–Trinajstić information content (AvgIpc) is 3.12. The van der Waals surface area contributed by atoms with Crippen molar-refractivity contribution in [3.8, 4) is 0 Å². The van der Waals surface area contributed by atoms with E-state index in [4.69, 9.17) is 5.73 Å². The summed E-state index contributed by atoms with van der Waals surface area (Å²) in [5.41, 5.74) is 6.02. The summed E-state index contributed by atoms with van der Waals surface area (Å²) in [5, 5.41) is 0. The Hall–Kier alpha value is -0.610. The molecule has 1 unspecified atom stereocenters. The summed E-state index contributed by atoms with van der Waals surface area (Å²) in [5.74, 6) is 1.59. The second-order valence-corrected chi connectivity index (χ2v) is 6.28. The van der Waals surface area contributed by atoms with E-state index in [1.165, 1.54) is 12.8 Å². The van der Waals surface area contributed by atoms with Gasteiger partial charge in [0.15, 0.2) is 0 Å². The Bertz CT molecular complexity index is 281. The van der Waals surface area contributed by atoms with Crippen LogP contribution in [0.2, 0.25) is 0 Å². The lowest BCUT2D eigenvalue weighted by Gasteiger charge is -2.36. The van der Waals surface area contributed by atoms with Crippen LogP contribution in [0.4, 0.5) is 0 Å². The molecule has 2 rings (SSSR count). The van der Waals surface area contributed by atoms with E-state index in [0.29, 0.717) is 18.3 Å². The monoisotopic (exact) mass is 253 g/mol. The molecule has 0 radical (unpaired) electrons. The van der Waals surface area contributed by atoms with Crippen molar-refractivity contribution in [1.29, 1.82) is 0 Å². The van der Waals surface area contributed by atoms with Gasteiger partial charge in [0.1, 0.15) is 0 Å². The van der Waals surface area contributed by atoms with Crippen molar-refractivity contribution >= 4 is 5.91 Å². The zero-order chi connectivity index (χ0) is 13.1. The summed E-state index contributed by atoms with van der Waals surface area (Å²) < 4.78 is 0. The first-order chi connectivity index (χ1) is 8.56. The van der Waals surface area contributed by atoms with Crippen LogP contribution in [0.5, 0.6) is 0 Å². The second-order valence-electron chi connectivity index (χ2n) is 6.28. The molecule has 1 atom stereocenters. The molecule has 2 aliphatic rings. The van der Waals surface area contributed by atoms with Crippen molar-refractivity contribution in [2.45, 2.75) is 39.2 Å². The highest BCUT2D eigenvalue weighted by atomic mass is 16.2. The molecular formula is C14H27N3O. The molecule has 104 valence electrons. The van der Waals surface area contributed by atoms with E-state index < -0.39 is 0 Å². The van der Waals surface area contributed by atoms with Crippen molar-refractivity contribution in [3.05, 3.63) is 0 Å². The largest absolute Gasteiger partial charge is 0.340 e. The van der Waals surface area contributed by atoms with Gasteiger partial charge in [-0.2, -0.15) is 0 Å². The quantitative estimate of drug-likeness (QED) is 0.792. The van der Waals surface area contributed by atoms with Gasteiger partial charge in [0.25, 0.3) is 0 Å². The number of hydrogen-bond donors (Lipinski definition) is 1. The van der Waals surface area contributed by atoms with Gasteiger partial charge in [-0.3, -0.25) is 9.69 Å². The van der Waals surface area contributed by atoms with Crippen LogP contribution in [0.1, 0.15) is 33.1 Å². The van der Waals surface area contributed by atoms with Crippen molar-refractivity contribution in [2.75, 3.05) is 32.7 Å². The first kappa shape index (κ1) is 13.8. The normalized spacial score (nSPS) is 23.4. The van der Waals surface area contributed by atoms with E-state index in [0.717, 1.165) is 32.7 Å². The minimum Gasteiger partial charge on any atom is -0.340 e. The van der Waals surface area contributed by atoms with Crippen LogP contribution in [0.15, 0.2) is 0 Å². The minimum atomic E-state index is 0.103. The van der Waals surface area contributed by atoms with Gasteiger partial charge in [0.05, 0.1) is 0 Å². The highest BCUT2D eigenvalue weighted by Crippen LogP contribution is 2.33. The summed E-state index contributed by atoms with van der Waals surface area (Å²) in [7, 11) is 0. The molecule has 2 fully saturated rings. The third-order valence-electron chi connectivity index (χ3n) is 3.99. The fourth-order valence-corrected chi connectivity index (χ4v) is 2.72. The van der Waals surface area contributed by atoms with Gasteiger partial charge >= 0.3 is 0 Å². The van der Waals surface area contributed by atoms with E-state index in [1.807, 2.05) is 4.90 Å². The minimum absolute atomic E-state index is 0.103. The Morgan fingerprint density at radius 2 is 1.83 bits per heavy atom. The predicted octanol–water partition coefficient (Wildman–Crippen LogP) is 0.914. The molecule has 4 heteroatoms. The lowest BCUT2D eigenvalue weighted by atomic mass is 10.1. The van der Waals surface area contributed by atoms with Crippen molar-refractivity contribution in [3.63, 3.8) is 0 Å². The van der Waals surface area contributed by atoms with E-state index in [-0.39, 0.29) is 11.9 Å². The zero-order valence-electron chi connectivity index (χ0n) is 11.8. The highest BCUT2D eigenvalue weighted by Gasteiger charge is 2.31. The summed E-state index contributed by atoms with van der Waals surface area (Å²) in [6.07, 6.45) is 2.99. The topological polar surface area (TPSA) is 49.6 Å². The summed E-state index contributed by atoms with van der Waals surface area (Å²) in [6.45, 7) is 9.42. The number of nitrogens with zero attached hydrogens (tertiary/aromatic N) is 2. The molecule has 1 saturated carbocycles. The molecular weight excluding hydrogens is 226 g/mol. The van der Waals surface area contributed by atoms with Gasteiger partial charge in [-0.1, -0.05) is 13.8 Å². The standard InChI is InChI=1S/C14H27N3O/c1-11(2)10-16-5-7-17(8-6-16)14(18)9-13(15)12-3-4-12/h11-13H,3-10,15H2,1-2H3. The number of amides is 1. The van der Waals surface area contributed by atoms with Crippen LogP contribution < -0.4 is 5.73 Å². The van der Waals surface area contributed by atoms with Crippen LogP contribution in [0.25, 0.3) is 0 Å². The molecule has 1 aliphatic heterocycles.